The molecule has 0 aromatic carbocycles. The van der Waals surface area contributed by atoms with Crippen molar-refractivity contribution < 1.29 is 43.0 Å². The van der Waals surface area contributed by atoms with Gasteiger partial charge in [0.05, 0.1) is 13.2 Å². The summed E-state index contributed by atoms with van der Waals surface area (Å²) < 4.78 is 0. The highest BCUT2D eigenvalue weighted by molar-refractivity contribution is 7.97. The minimum atomic E-state index is -1.22. The molecule has 0 aliphatic carbocycles. The van der Waals surface area contributed by atoms with Crippen molar-refractivity contribution >= 4 is 10.9 Å². The van der Waals surface area contributed by atoms with Gasteiger partial charge in [-0.15, -0.1) is 0 Å². The number of hydrogen-bond acceptors (Lipinski definition) is 6. The first-order valence-corrected chi connectivity index (χ1v) is 6.74. The lowest BCUT2D eigenvalue weighted by Gasteiger charge is -2.17. The van der Waals surface area contributed by atoms with Crippen LogP contribution in [0.15, 0.2) is 0 Å². The molecule has 1 aliphatic heterocycles. The van der Waals surface area contributed by atoms with Crippen molar-refractivity contribution in [2.45, 2.75) is 29.7 Å². The van der Waals surface area contributed by atoms with E-state index < -0.39 is 47.2 Å². The Bertz CT molecular complexity index is 222. The number of hydrogen-bond donors (Lipinski definition) is 6. The average molecular weight is 291 g/mol. The van der Waals surface area contributed by atoms with Gasteiger partial charge in [-0.2, -0.15) is 0 Å². The number of halogens is 1. The zero-order valence-electron chi connectivity index (χ0n) is 9.18. The molecule has 0 aromatic heterocycles. The van der Waals surface area contributed by atoms with Crippen LogP contribution in [0.5, 0.6) is 0 Å². The van der Waals surface area contributed by atoms with Crippen molar-refractivity contribution in [3.05, 3.63) is 0 Å². The Morgan fingerprint density at radius 3 is 2.18 bits per heavy atom. The lowest BCUT2D eigenvalue weighted by Crippen LogP contribution is -3.00. The maximum Gasteiger partial charge on any atom is 0.169 e. The number of aliphatic hydroxyl groups excluding tert-OH is 6. The van der Waals surface area contributed by atoms with Gasteiger partial charge in [-0.1, -0.05) is 0 Å². The maximum absolute atomic E-state index is 9.54. The van der Waals surface area contributed by atoms with Gasteiger partial charge in [-0.05, 0) is 0 Å². The Hall–Kier alpha value is 0.400. The fourth-order valence-electron chi connectivity index (χ4n) is 1.74. The second-order valence-electron chi connectivity index (χ2n) is 3.97. The Labute approximate surface area is 109 Å². The van der Waals surface area contributed by atoms with Crippen molar-refractivity contribution in [1.82, 2.24) is 0 Å². The monoisotopic (exact) mass is 290 g/mol. The normalized spacial score (nSPS) is 36.4. The van der Waals surface area contributed by atoms with E-state index in [4.69, 9.17) is 10.2 Å². The van der Waals surface area contributed by atoms with Crippen molar-refractivity contribution in [2.24, 2.45) is 0 Å². The van der Waals surface area contributed by atoms with E-state index >= 15 is 0 Å². The SMILES string of the molecule is OC[C@@H]1[C@@H](O)[C@H](O)C[S+]1C[C@@H](O)[C@@H](O)CO.[Cl-]. The molecule has 0 amide bonds. The Morgan fingerprint density at radius 1 is 1.12 bits per heavy atom. The van der Waals surface area contributed by atoms with Crippen LogP contribution in [0.2, 0.25) is 0 Å². The quantitative estimate of drug-likeness (QED) is 0.280. The van der Waals surface area contributed by atoms with Gasteiger partial charge < -0.3 is 43.0 Å². The first-order valence-electron chi connectivity index (χ1n) is 5.11. The van der Waals surface area contributed by atoms with Gasteiger partial charge in [0.1, 0.15) is 35.9 Å². The van der Waals surface area contributed by atoms with Gasteiger partial charge in [-0.3, -0.25) is 0 Å². The van der Waals surface area contributed by atoms with E-state index in [1.165, 1.54) is 0 Å². The third-order valence-corrected chi connectivity index (χ3v) is 5.61. The van der Waals surface area contributed by atoms with E-state index in [2.05, 4.69) is 0 Å². The molecule has 1 saturated heterocycles. The van der Waals surface area contributed by atoms with Gasteiger partial charge in [0.15, 0.2) is 5.25 Å². The van der Waals surface area contributed by atoms with Crippen molar-refractivity contribution in [1.29, 1.82) is 0 Å². The van der Waals surface area contributed by atoms with E-state index in [1.54, 1.807) is 0 Å². The summed E-state index contributed by atoms with van der Waals surface area (Å²) in [7, 11) is -0.549. The predicted molar refractivity (Wildman–Crippen MR) is 59.1 cm³/mol. The van der Waals surface area contributed by atoms with E-state index in [0.29, 0.717) is 5.75 Å². The summed E-state index contributed by atoms with van der Waals surface area (Å²) in [5, 5.41) is 54.9. The van der Waals surface area contributed by atoms with Crippen LogP contribution in [0.3, 0.4) is 0 Å². The summed E-state index contributed by atoms with van der Waals surface area (Å²) in [6.45, 7) is -0.795. The molecule has 1 aliphatic rings. The van der Waals surface area contributed by atoms with Crippen molar-refractivity contribution in [3.8, 4) is 0 Å². The first kappa shape index (κ1) is 17.4. The number of rotatable bonds is 5. The molecule has 8 heteroatoms. The van der Waals surface area contributed by atoms with Gasteiger partial charge in [0, 0.05) is 10.9 Å². The van der Waals surface area contributed by atoms with Crippen LogP contribution in [0.4, 0.5) is 0 Å². The molecule has 1 rings (SSSR count). The van der Waals surface area contributed by atoms with E-state index in [-0.39, 0.29) is 24.8 Å². The minimum absolute atomic E-state index is 0. The zero-order chi connectivity index (χ0) is 12.3. The van der Waals surface area contributed by atoms with Gasteiger partial charge >= 0.3 is 0 Å². The molecule has 6 N–H and O–H groups in total. The molecule has 104 valence electrons. The molecule has 0 aromatic rings. The molecule has 1 fully saturated rings. The van der Waals surface area contributed by atoms with Crippen molar-refractivity contribution in [2.75, 3.05) is 24.7 Å². The van der Waals surface area contributed by atoms with Crippen molar-refractivity contribution in [3.63, 3.8) is 0 Å². The molecule has 6 nitrogen and oxygen atoms in total. The fourth-order valence-corrected chi connectivity index (χ4v) is 4.46. The molecule has 0 spiro atoms. The predicted octanol–water partition coefficient (Wildman–Crippen LogP) is -6.58. The molecule has 6 atom stereocenters. The second-order valence-corrected chi connectivity index (χ2v) is 6.31. The summed E-state index contributed by atoms with van der Waals surface area (Å²) >= 11 is 0. The highest BCUT2D eigenvalue weighted by Gasteiger charge is 2.50. The van der Waals surface area contributed by atoms with E-state index in [1.807, 2.05) is 0 Å². The van der Waals surface area contributed by atoms with Crippen LogP contribution in [0, 0.1) is 0 Å². The molecule has 1 unspecified atom stereocenters. The highest BCUT2D eigenvalue weighted by Crippen LogP contribution is 2.24. The molecule has 0 bridgehead atoms. The van der Waals surface area contributed by atoms with Gasteiger partial charge in [0.25, 0.3) is 0 Å². The van der Waals surface area contributed by atoms with E-state index in [9.17, 15) is 20.4 Å². The molecule has 1 heterocycles. The van der Waals surface area contributed by atoms with E-state index in [0.717, 1.165) is 0 Å². The maximum atomic E-state index is 9.54. The average Bonchev–Trinajstić information content (AvgIpc) is 2.53. The third-order valence-electron chi connectivity index (χ3n) is 2.78. The lowest BCUT2D eigenvalue weighted by atomic mass is 10.2. The standard InChI is InChI=1S/C9H19O6S.ClH/c10-1-5(12)6(13)3-16-4-7(14)9(15)8(16)2-11;/h5-15H,1-4H2;1H/q+1;/p-1/t5-,6+,7+,8+,9-,16?;/m0./s1. The summed E-state index contributed by atoms with van der Waals surface area (Å²) in [6, 6.07) is 0. The number of aliphatic hydroxyl groups is 6. The Balaban J connectivity index is 0.00000256. The van der Waals surface area contributed by atoms with Crippen LogP contribution in [0.25, 0.3) is 0 Å². The topological polar surface area (TPSA) is 121 Å². The third kappa shape index (κ3) is 4.22. The van der Waals surface area contributed by atoms with Crippen LogP contribution < -0.4 is 12.4 Å². The molecule has 0 radical (unpaired) electrons. The van der Waals surface area contributed by atoms with Gasteiger partial charge in [-0.25, -0.2) is 0 Å². The molecular weight excluding hydrogens is 272 g/mol. The van der Waals surface area contributed by atoms with Crippen LogP contribution >= 0.6 is 0 Å². The van der Waals surface area contributed by atoms with Gasteiger partial charge in [0.2, 0.25) is 0 Å². The Kier molecular flexibility index (Phi) is 7.93. The largest absolute Gasteiger partial charge is 1.00 e. The summed E-state index contributed by atoms with van der Waals surface area (Å²) in [4.78, 5) is 0. The Morgan fingerprint density at radius 2 is 1.71 bits per heavy atom. The first-order chi connectivity index (χ1) is 7.51. The summed E-state index contributed by atoms with van der Waals surface area (Å²) in [6.07, 6.45) is -4.19. The minimum Gasteiger partial charge on any atom is -1.00 e. The molecule has 17 heavy (non-hydrogen) atoms. The molecule has 0 saturated carbocycles. The smallest absolute Gasteiger partial charge is 0.169 e. The summed E-state index contributed by atoms with van der Waals surface area (Å²) in [5.41, 5.74) is 0. The van der Waals surface area contributed by atoms with Crippen LogP contribution in [-0.2, 0) is 10.9 Å². The lowest BCUT2D eigenvalue weighted by molar-refractivity contribution is -0.00231. The summed E-state index contributed by atoms with van der Waals surface area (Å²) in [5.74, 6) is 0.475. The zero-order valence-corrected chi connectivity index (χ0v) is 10.8. The fraction of sp³-hybridized carbons (Fsp3) is 1.00. The second kappa shape index (κ2) is 7.75. The van der Waals surface area contributed by atoms with Crippen LogP contribution in [0.1, 0.15) is 0 Å². The highest BCUT2D eigenvalue weighted by atomic mass is 35.5. The van der Waals surface area contributed by atoms with Crippen LogP contribution in [-0.4, -0.2) is 85.0 Å². The molecular formula is C9H19ClO6S.